The summed E-state index contributed by atoms with van der Waals surface area (Å²) >= 11 is 0. The molecule has 0 fully saturated rings. The van der Waals surface area contributed by atoms with Crippen molar-refractivity contribution in [2.24, 2.45) is 0 Å². The van der Waals surface area contributed by atoms with Gasteiger partial charge in [-0.15, -0.1) is 0 Å². The van der Waals surface area contributed by atoms with Gasteiger partial charge in [-0.1, -0.05) is 23.4 Å². The van der Waals surface area contributed by atoms with E-state index in [-0.39, 0.29) is 18.0 Å². The quantitative estimate of drug-likeness (QED) is 0.801. The molecule has 1 heterocycles. The number of hydrogen-bond donors (Lipinski definition) is 1. The summed E-state index contributed by atoms with van der Waals surface area (Å²) in [6.45, 7) is 1.79. The number of aromatic nitrogens is 1. The van der Waals surface area contributed by atoms with Crippen LogP contribution in [0.3, 0.4) is 0 Å². The third-order valence-electron chi connectivity index (χ3n) is 3.18. The van der Waals surface area contributed by atoms with Crippen molar-refractivity contribution in [3.05, 3.63) is 59.5 Å². The lowest BCUT2D eigenvalue weighted by Crippen LogP contribution is -2.15. The van der Waals surface area contributed by atoms with Crippen molar-refractivity contribution >= 4 is 22.6 Å². The van der Waals surface area contributed by atoms with E-state index >= 15 is 0 Å². The van der Waals surface area contributed by atoms with Crippen LogP contribution in [0.25, 0.3) is 11.0 Å². The summed E-state index contributed by atoms with van der Waals surface area (Å²) in [7, 11) is 0. The van der Waals surface area contributed by atoms with E-state index in [4.69, 9.17) is 4.52 Å². The van der Waals surface area contributed by atoms with E-state index in [0.717, 1.165) is 10.9 Å². The summed E-state index contributed by atoms with van der Waals surface area (Å²) in [5.41, 5.74) is 2.13. The van der Waals surface area contributed by atoms with Crippen molar-refractivity contribution in [1.82, 2.24) is 5.16 Å². The second kappa shape index (κ2) is 5.36. The molecule has 0 saturated heterocycles. The van der Waals surface area contributed by atoms with Crippen molar-refractivity contribution in [3.8, 4) is 0 Å². The maximum absolute atomic E-state index is 13.7. The molecule has 0 saturated carbocycles. The number of para-hydroxylation sites is 1. The Morgan fingerprint density at radius 2 is 2.10 bits per heavy atom. The number of fused-ring (bicyclic) bond motifs is 1. The fourth-order valence-corrected chi connectivity index (χ4v) is 2.13. The Morgan fingerprint density at radius 3 is 2.90 bits per heavy atom. The van der Waals surface area contributed by atoms with Crippen LogP contribution in [-0.4, -0.2) is 11.1 Å². The molecular formula is C16H13FN2O2. The normalized spacial score (nSPS) is 10.8. The predicted molar refractivity (Wildman–Crippen MR) is 77.5 cm³/mol. The van der Waals surface area contributed by atoms with E-state index in [2.05, 4.69) is 10.5 Å². The number of benzene rings is 2. The minimum Gasteiger partial charge on any atom is -0.356 e. The molecule has 0 aliphatic carbocycles. The van der Waals surface area contributed by atoms with Gasteiger partial charge in [0.1, 0.15) is 11.5 Å². The largest absolute Gasteiger partial charge is 0.356 e. The maximum Gasteiger partial charge on any atom is 0.230 e. The lowest BCUT2D eigenvalue weighted by Gasteiger charge is -2.06. The van der Waals surface area contributed by atoms with Gasteiger partial charge < -0.3 is 9.84 Å². The van der Waals surface area contributed by atoms with E-state index in [0.29, 0.717) is 11.3 Å². The highest BCUT2D eigenvalue weighted by atomic mass is 19.1. The number of nitrogens with zero attached hydrogens (tertiary/aromatic N) is 1. The number of anilines is 1. The van der Waals surface area contributed by atoms with Gasteiger partial charge in [0.15, 0.2) is 5.58 Å². The van der Waals surface area contributed by atoms with Crippen LogP contribution < -0.4 is 5.32 Å². The molecule has 2 aromatic carbocycles. The van der Waals surface area contributed by atoms with Crippen molar-refractivity contribution in [1.29, 1.82) is 0 Å². The maximum atomic E-state index is 13.7. The van der Waals surface area contributed by atoms with Crippen LogP contribution in [0.1, 0.15) is 11.3 Å². The summed E-state index contributed by atoms with van der Waals surface area (Å²) in [4.78, 5) is 12.0. The summed E-state index contributed by atoms with van der Waals surface area (Å²) < 4.78 is 18.8. The number of amides is 1. The standard InChI is InChI=1S/C16H13FN2O2/c1-10-6-7-13(12(17)8-10)18-16(20)9-14-11-4-2-3-5-15(11)21-19-14/h2-8H,9H2,1H3,(H,18,20). The molecular weight excluding hydrogens is 271 g/mol. The lowest BCUT2D eigenvalue weighted by molar-refractivity contribution is -0.115. The first-order chi connectivity index (χ1) is 10.1. The second-order valence-corrected chi connectivity index (χ2v) is 4.83. The first-order valence-electron chi connectivity index (χ1n) is 6.53. The second-order valence-electron chi connectivity index (χ2n) is 4.83. The first-order valence-corrected chi connectivity index (χ1v) is 6.53. The van der Waals surface area contributed by atoms with E-state index in [1.807, 2.05) is 18.2 Å². The average molecular weight is 284 g/mol. The van der Waals surface area contributed by atoms with Gasteiger partial charge in [-0.05, 0) is 36.8 Å². The van der Waals surface area contributed by atoms with Crippen LogP contribution in [0.15, 0.2) is 47.0 Å². The average Bonchev–Trinajstić information content (AvgIpc) is 2.85. The van der Waals surface area contributed by atoms with Crippen LogP contribution in [-0.2, 0) is 11.2 Å². The number of aryl methyl sites for hydroxylation is 1. The zero-order chi connectivity index (χ0) is 14.8. The van der Waals surface area contributed by atoms with Crippen LogP contribution in [0.5, 0.6) is 0 Å². The number of carbonyl (C=O) groups is 1. The molecule has 0 unspecified atom stereocenters. The minimum absolute atomic E-state index is 0.0321. The molecule has 0 aliphatic rings. The number of carbonyl (C=O) groups excluding carboxylic acids is 1. The molecule has 106 valence electrons. The van der Waals surface area contributed by atoms with Gasteiger partial charge in [-0.2, -0.15) is 0 Å². The molecule has 3 aromatic rings. The van der Waals surface area contributed by atoms with E-state index in [1.54, 1.807) is 25.1 Å². The molecule has 0 bridgehead atoms. The van der Waals surface area contributed by atoms with Gasteiger partial charge in [0.25, 0.3) is 0 Å². The Balaban J connectivity index is 1.77. The van der Waals surface area contributed by atoms with Gasteiger partial charge >= 0.3 is 0 Å². The van der Waals surface area contributed by atoms with Crippen LogP contribution >= 0.6 is 0 Å². The fourth-order valence-electron chi connectivity index (χ4n) is 2.13. The smallest absolute Gasteiger partial charge is 0.230 e. The molecule has 1 aromatic heterocycles. The highest BCUT2D eigenvalue weighted by molar-refractivity contribution is 5.94. The van der Waals surface area contributed by atoms with Crippen molar-refractivity contribution in [2.45, 2.75) is 13.3 Å². The molecule has 0 spiro atoms. The number of nitrogens with one attached hydrogen (secondary N) is 1. The summed E-state index contributed by atoms with van der Waals surface area (Å²) in [6, 6.07) is 12.0. The summed E-state index contributed by atoms with van der Waals surface area (Å²) in [5.74, 6) is -0.787. The number of halogens is 1. The van der Waals surface area contributed by atoms with E-state index < -0.39 is 5.82 Å². The highest BCUT2D eigenvalue weighted by Gasteiger charge is 2.13. The van der Waals surface area contributed by atoms with Crippen molar-refractivity contribution in [2.75, 3.05) is 5.32 Å². The Morgan fingerprint density at radius 1 is 1.29 bits per heavy atom. The Hall–Kier alpha value is -2.69. The molecule has 1 N–H and O–H groups in total. The third kappa shape index (κ3) is 2.76. The van der Waals surface area contributed by atoms with Crippen molar-refractivity contribution < 1.29 is 13.7 Å². The molecule has 1 amide bonds. The van der Waals surface area contributed by atoms with E-state index in [9.17, 15) is 9.18 Å². The van der Waals surface area contributed by atoms with Gasteiger partial charge in [0, 0.05) is 5.39 Å². The molecule has 21 heavy (non-hydrogen) atoms. The molecule has 0 radical (unpaired) electrons. The van der Waals surface area contributed by atoms with E-state index in [1.165, 1.54) is 6.07 Å². The topological polar surface area (TPSA) is 55.1 Å². The van der Waals surface area contributed by atoms with Gasteiger partial charge in [-0.3, -0.25) is 4.79 Å². The van der Waals surface area contributed by atoms with Gasteiger partial charge in [0.2, 0.25) is 5.91 Å². The number of rotatable bonds is 3. The van der Waals surface area contributed by atoms with Crippen LogP contribution in [0, 0.1) is 12.7 Å². The lowest BCUT2D eigenvalue weighted by atomic mass is 10.1. The zero-order valence-electron chi connectivity index (χ0n) is 11.4. The molecule has 5 heteroatoms. The highest BCUT2D eigenvalue weighted by Crippen LogP contribution is 2.19. The van der Waals surface area contributed by atoms with Gasteiger partial charge in [0.05, 0.1) is 12.1 Å². The van der Waals surface area contributed by atoms with Crippen molar-refractivity contribution in [3.63, 3.8) is 0 Å². The first kappa shape index (κ1) is 13.3. The van der Waals surface area contributed by atoms with Crippen LogP contribution in [0.2, 0.25) is 0 Å². The molecule has 0 aliphatic heterocycles. The monoisotopic (exact) mass is 284 g/mol. The van der Waals surface area contributed by atoms with Gasteiger partial charge in [-0.25, -0.2) is 4.39 Å². The Bertz CT molecular complexity index is 811. The molecule has 4 nitrogen and oxygen atoms in total. The SMILES string of the molecule is Cc1ccc(NC(=O)Cc2noc3ccccc23)c(F)c1. The fraction of sp³-hybridized carbons (Fsp3) is 0.125. The summed E-state index contributed by atoms with van der Waals surface area (Å²) in [6.07, 6.45) is 0.0321. The minimum atomic E-state index is -0.451. The molecule has 0 atom stereocenters. The number of hydrogen-bond acceptors (Lipinski definition) is 3. The third-order valence-corrected chi connectivity index (χ3v) is 3.18. The van der Waals surface area contributed by atoms with Crippen LogP contribution in [0.4, 0.5) is 10.1 Å². The predicted octanol–water partition coefficient (Wildman–Crippen LogP) is 3.46. The summed E-state index contributed by atoms with van der Waals surface area (Å²) in [5, 5.41) is 7.22. The Kier molecular flexibility index (Phi) is 3.39. The zero-order valence-corrected chi connectivity index (χ0v) is 11.4. The Labute approximate surface area is 120 Å². The molecule has 3 rings (SSSR count).